The van der Waals surface area contributed by atoms with Crippen LogP contribution in [-0.2, 0) is 7.05 Å². The molecule has 1 aliphatic heterocycles. The summed E-state index contributed by atoms with van der Waals surface area (Å²) in [5.41, 5.74) is 4.22. The highest BCUT2D eigenvalue weighted by Crippen LogP contribution is 2.32. The molecule has 0 spiro atoms. The number of aromatic nitrogens is 4. The quantitative estimate of drug-likeness (QED) is 0.544. The van der Waals surface area contributed by atoms with Gasteiger partial charge in [-0.3, -0.25) is 9.67 Å². The van der Waals surface area contributed by atoms with E-state index in [0.29, 0.717) is 47.3 Å². The number of amides is 2. The molecule has 0 unspecified atom stereocenters. The summed E-state index contributed by atoms with van der Waals surface area (Å²) in [6.07, 6.45) is 5.32. The zero-order valence-electron chi connectivity index (χ0n) is 16.1. The Morgan fingerprint density at radius 2 is 1.73 bits per heavy atom. The highest BCUT2D eigenvalue weighted by molar-refractivity contribution is 6.01. The Morgan fingerprint density at radius 1 is 0.967 bits per heavy atom. The Hall–Kier alpha value is -4.14. The van der Waals surface area contributed by atoms with Crippen LogP contribution in [0.5, 0.6) is 11.5 Å². The second kappa shape index (κ2) is 7.36. The largest absolute Gasteiger partial charge is 0.486 e. The Kier molecular flexibility index (Phi) is 4.40. The first-order chi connectivity index (χ1) is 14.6. The predicted octanol–water partition coefficient (Wildman–Crippen LogP) is 3.45. The van der Waals surface area contributed by atoms with Gasteiger partial charge in [-0.25, -0.2) is 9.78 Å². The lowest BCUT2D eigenvalue weighted by molar-refractivity contribution is 0.171. The fourth-order valence-electron chi connectivity index (χ4n) is 3.20. The molecule has 4 aromatic rings. The minimum Gasteiger partial charge on any atom is -0.486 e. The average molecular weight is 402 g/mol. The van der Waals surface area contributed by atoms with Gasteiger partial charge in [0.05, 0.1) is 29.1 Å². The van der Waals surface area contributed by atoms with Crippen molar-refractivity contribution in [3.05, 3.63) is 55.0 Å². The zero-order chi connectivity index (χ0) is 20.5. The Labute approximate surface area is 171 Å². The number of carbonyl (C=O) groups excluding carboxylic acids is 1. The molecule has 150 valence electrons. The molecule has 0 aliphatic carbocycles. The van der Waals surface area contributed by atoms with Crippen LogP contribution in [0.4, 0.5) is 16.2 Å². The van der Waals surface area contributed by atoms with Gasteiger partial charge in [0, 0.05) is 36.2 Å². The molecule has 3 heterocycles. The summed E-state index contributed by atoms with van der Waals surface area (Å²) in [5.74, 6) is 1.28. The first-order valence-electron chi connectivity index (χ1n) is 9.37. The molecule has 0 saturated heterocycles. The molecule has 0 saturated carbocycles. The van der Waals surface area contributed by atoms with E-state index in [4.69, 9.17) is 9.47 Å². The van der Waals surface area contributed by atoms with Crippen molar-refractivity contribution in [3.63, 3.8) is 0 Å². The Balaban J connectivity index is 1.33. The maximum absolute atomic E-state index is 12.4. The van der Waals surface area contributed by atoms with Crippen LogP contribution in [-0.4, -0.2) is 39.0 Å². The van der Waals surface area contributed by atoms with E-state index in [-0.39, 0.29) is 6.03 Å². The van der Waals surface area contributed by atoms with Crippen LogP contribution < -0.4 is 20.1 Å². The van der Waals surface area contributed by atoms with Crippen LogP contribution in [0.25, 0.3) is 22.3 Å². The van der Waals surface area contributed by atoms with Crippen molar-refractivity contribution in [1.82, 2.24) is 19.7 Å². The van der Waals surface area contributed by atoms with E-state index in [1.54, 1.807) is 47.4 Å². The molecule has 0 bridgehead atoms. The predicted molar refractivity (Wildman–Crippen MR) is 112 cm³/mol. The highest BCUT2D eigenvalue weighted by atomic mass is 16.6. The molecular formula is C21H18N6O3. The van der Waals surface area contributed by atoms with Gasteiger partial charge in [-0.1, -0.05) is 0 Å². The minimum absolute atomic E-state index is 0.373. The number of fused-ring (bicyclic) bond motifs is 2. The van der Waals surface area contributed by atoms with E-state index in [2.05, 4.69) is 25.7 Å². The van der Waals surface area contributed by atoms with Crippen LogP contribution in [0.1, 0.15) is 0 Å². The Morgan fingerprint density at radius 3 is 2.53 bits per heavy atom. The zero-order valence-corrected chi connectivity index (χ0v) is 16.1. The van der Waals surface area contributed by atoms with Gasteiger partial charge in [0.15, 0.2) is 11.5 Å². The number of anilines is 2. The summed E-state index contributed by atoms with van der Waals surface area (Å²) in [7, 11) is 1.85. The standard InChI is InChI=1S/C21H18N6O3/c1-27-12-13(10-23-27)18-11-22-16-4-2-14(8-17(16)26-18)24-21(28)25-15-3-5-19-20(9-15)30-7-6-29-19/h2-5,8-12H,6-7H2,1H3,(H2,24,25,28). The number of aryl methyl sites for hydroxylation is 1. The fraction of sp³-hybridized carbons (Fsp3) is 0.143. The first-order valence-corrected chi connectivity index (χ1v) is 9.37. The number of urea groups is 1. The van der Waals surface area contributed by atoms with Gasteiger partial charge in [0.25, 0.3) is 0 Å². The molecule has 2 aromatic heterocycles. The molecule has 0 radical (unpaired) electrons. The third kappa shape index (κ3) is 3.60. The van der Waals surface area contributed by atoms with Crippen LogP contribution in [0.2, 0.25) is 0 Å². The molecule has 2 amide bonds. The average Bonchev–Trinajstić information content (AvgIpc) is 3.19. The van der Waals surface area contributed by atoms with E-state index in [1.165, 1.54) is 0 Å². The van der Waals surface area contributed by atoms with Crippen LogP contribution in [0, 0.1) is 0 Å². The van der Waals surface area contributed by atoms with Crippen molar-refractivity contribution in [2.24, 2.45) is 7.05 Å². The summed E-state index contributed by atoms with van der Waals surface area (Å²) in [6, 6.07) is 10.3. The lowest BCUT2D eigenvalue weighted by Crippen LogP contribution is -2.20. The van der Waals surface area contributed by atoms with Crippen molar-refractivity contribution in [2.45, 2.75) is 0 Å². The maximum Gasteiger partial charge on any atom is 0.323 e. The number of nitrogens with zero attached hydrogens (tertiary/aromatic N) is 4. The Bertz CT molecular complexity index is 1250. The van der Waals surface area contributed by atoms with Crippen molar-refractivity contribution in [3.8, 4) is 22.8 Å². The highest BCUT2D eigenvalue weighted by Gasteiger charge is 2.13. The molecule has 30 heavy (non-hydrogen) atoms. The summed E-state index contributed by atoms with van der Waals surface area (Å²) in [6.45, 7) is 1.01. The molecule has 9 heteroatoms. The van der Waals surface area contributed by atoms with Gasteiger partial charge in [0.1, 0.15) is 13.2 Å². The number of benzene rings is 2. The van der Waals surface area contributed by atoms with Crippen LogP contribution >= 0.6 is 0 Å². The van der Waals surface area contributed by atoms with Gasteiger partial charge in [-0.15, -0.1) is 0 Å². The number of nitrogens with one attached hydrogen (secondary N) is 2. The van der Waals surface area contributed by atoms with Crippen molar-refractivity contribution < 1.29 is 14.3 Å². The van der Waals surface area contributed by atoms with Crippen molar-refractivity contribution >= 4 is 28.4 Å². The summed E-state index contributed by atoms with van der Waals surface area (Å²) in [4.78, 5) is 21.5. The van der Waals surface area contributed by atoms with Gasteiger partial charge in [-0.05, 0) is 30.3 Å². The van der Waals surface area contributed by atoms with E-state index < -0.39 is 0 Å². The van der Waals surface area contributed by atoms with E-state index in [9.17, 15) is 4.79 Å². The molecule has 0 atom stereocenters. The van der Waals surface area contributed by atoms with Crippen molar-refractivity contribution in [1.29, 1.82) is 0 Å². The summed E-state index contributed by atoms with van der Waals surface area (Å²) < 4.78 is 12.7. The van der Waals surface area contributed by atoms with Crippen LogP contribution in [0.3, 0.4) is 0 Å². The third-order valence-electron chi connectivity index (χ3n) is 4.60. The van der Waals surface area contributed by atoms with E-state index >= 15 is 0 Å². The molecule has 9 nitrogen and oxygen atoms in total. The molecule has 2 N–H and O–H groups in total. The van der Waals surface area contributed by atoms with Crippen molar-refractivity contribution in [2.75, 3.05) is 23.8 Å². The maximum atomic E-state index is 12.4. The third-order valence-corrected chi connectivity index (χ3v) is 4.60. The monoisotopic (exact) mass is 402 g/mol. The van der Waals surface area contributed by atoms with E-state index in [1.807, 2.05) is 19.3 Å². The number of rotatable bonds is 3. The SMILES string of the molecule is Cn1cc(-c2cnc3ccc(NC(=O)Nc4ccc5c(c4)OCCO5)cc3n2)cn1. The molecule has 0 fully saturated rings. The van der Waals surface area contributed by atoms with Gasteiger partial charge >= 0.3 is 6.03 Å². The fourth-order valence-corrected chi connectivity index (χ4v) is 3.20. The van der Waals surface area contributed by atoms with Gasteiger partial charge in [0.2, 0.25) is 0 Å². The second-order valence-corrected chi connectivity index (χ2v) is 6.80. The number of ether oxygens (including phenoxy) is 2. The summed E-state index contributed by atoms with van der Waals surface area (Å²) >= 11 is 0. The number of hydrogen-bond acceptors (Lipinski definition) is 6. The minimum atomic E-state index is -0.373. The molecule has 5 rings (SSSR count). The lowest BCUT2D eigenvalue weighted by Gasteiger charge is -2.19. The van der Waals surface area contributed by atoms with Gasteiger partial charge in [-0.2, -0.15) is 5.10 Å². The number of carbonyl (C=O) groups is 1. The molecular weight excluding hydrogens is 384 g/mol. The van der Waals surface area contributed by atoms with E-state index in [0.717, 1.165) is 11.1 Å². The summed E-state index contributed by atoms with van der Waals surface area (Å²) in [5, 5.41) is 9.78. The molecule has 1 aliphatic rings. The normalized spacial score (nSPS) is 12.6. The topological polar surface area (TPSA) is 103 Å². The number of hydrogen-bond donors (Lipinski definition) is 2. The smallest absolute Gasteiger partial charge is 0.323 e. The van der Waals surface area contributed by atoms with Gasteiger partial charge < -0.3 is 20.1 Å². The second-order valence-electron chi connectivity index (χ2n) is 6.80. The molecule has 2 aromatic carbocycles. The lowest BCUT2D eigenvalue weighted by atomic mass is 10.2. The van der Waals surface area contributed by atoms with Crippen LogP contribution in [0.15, 0.2) is 55.0 Å². The first kappa shape index (κ1) is 17.9.